The number of nitrogens with zero attached hydrogens (tertiary/aromatic N) is 2. The molecule has 0 spiro atoms. The highest BCUT2D eigenvalue weighted by molar-refractivity contribution is 8.15. The Kier molecular flexibility index (Phi) is 6.22. The Morgan fingerprint density at radius 2 is 2.04 bits per heavy atom. The van der Waals surface area contributed by atoms with E-state index >= 15 is 0 Å². The number of amidine groups is 1. The van der Waals surface area contributed by atoms with Crippen LogP contribution in [-0.4, -0.2) is 42.5 Å². The van der Waals surface area contributed by atoms with Crippen LogP contribution in [0.25, 0.3) is 0 Å². The lowest BCUT2D eigenvalue weighted by atomic mass is 10.1. The average molecular weight is 383 g/mol. The van der Waals surface area contributed by atoms with Crippen molar-refractivity contribution in [2.24, 2.45) is 10.2 Å². The van der Waals surface area contributed by atoms with E-state index in [1.807, 2.05) is 6.07 Å². The maximum Gasteiger partial charge on any atom is 0.236 e. The minimum atomic E-state index is -0.116. The Hall–Kier alpha value is -3.13. The zero-order chi connectivity index (χ0) is 19.1. The van der Waals surface area contributed by atoms with E-state index in [-0.39, 0.29) is 18.3 Å². The second-order valence-electron chi connectivity index (χ2n) is 5.47. The fourth-order valence-corrected chi connectivity index (χ4v) is 2.89. The molecule has 7 nitrogen and oxygen atoms in total. The summed E-state index contributed by atoms with van der Waals surface area (Å²) in [4.78, 5) is 23.2. The molecule has 0 saturated carbocycles. The van der Waals surface area contributed by atoms with Crippen molar-refractivity contribution in [3.63, 3.8) is 0 Å². The molecule has 0 bridgehead atoms. The monoisotopic (exact) mass is 383 g/mol. The smallest absolute Gasteiger partial charge is 0.236 e. The molecule has 138 valence electrons. The molecule has 1 aliphatic rings. The SMILES string of the molecule is COc1cc(C=NN=C2NC(=O)CS2)ccc1OCC(=O)c1ccccc1. The summed E-state index contributed by atoms with van der Waals surface area (Å²) in [5.74, 6) is 1.10. The van der Waals surface area contributed by atoms with Gasteiger partial charge in [-0.2, -0.15) is 5.10 Å². The number of nitrogens with one attached hydrogen (secondary N) is 1. The number of hydrogen-bond donors (Lipinski definition) is 1. The van der Waals surface area contributed by atoms with Gasteiger partial charge in [0.1, 0.15) is 0 Å². The molecule has 0 unspecified atom stereocenters. The van der Waals surface area contributed by atoms with Gasteiger partial charge < -0.3 is 14.8 Å². The van der Waals surface area contributed by atoms with Crippen molar-refractivity contribution >= 4 is 34.8 Å². The third-order valence-corrected chi connectivity index (χ3v) is 4.45. The van der Waals surface area contributed by atoms with E-state index in [1.165, 1.54) is 18.9 Å². The summed E-state index contributed by atoms with van der Waals surface area (Å²) in [5, 5.41) is 11.0. The number of ether oxygens (including phenoxy) is 2. The van der Waals surface area contributed by atoms with Crippen LogP contribution in [0.15, 0.2) is 58.7 Å². The number of benzene rings is 2. The van der Waals surface area contributed by atoms with E-state index in [2.05, 4.69) is 15.5 Å². The Morgan fingerprint density at radius 3 is 2.74 bits per heavy atom. The standard InChI is InChI=1S/C19H17N3O4S/c1-25-17-9-13(10-20-22-19-21-18(24)12-27-19)7-8-16(17)26-11-15(23)14-5-3-2-4-6-14/h2-10H,11-12H2,1H3,(H,21,22,24). The first kappa shape index (κ1) is 18.7. The lowest BCUT2D eigenvalue weighted by Gasteiger charge is -2.10. The van der Waals surface area contributed by atoms with Gasteiger partial charge in [-0.15, -0.1) is 5.10 Å². The van der Waals surface area contributed by atoms with Crippen LogP contribution in [0.5, 0.6) is 11.5 Å². The summed E-state index contributed by atoms with van der Waals surface area (Å²) >= 11 is 1.30. The second kappa shape index (κ2) is 9.00. The van der Waals surface area contributed by atoms with Gasteiger partial charge in [-0.05, 0) is 23.8 Å². The molecule has 2 aromatic rings. The van der Waals surface area contributed by atoms with Crippen molar-refractivity contribution < 1.29 is 19.1 Å². The molecule has 0 atom stereocenters. The van der Waals surface area contributed by atoms with Crippen LogP contribution >= 0.6 is 11.8 Å². The minimum Gasteiger partial charge on any atom is -0.493 e. The first-order valence-electron chi connectivity index (χ1n) is 8.08. The van der Waals surface area contributed by atoms with E-state index < -0.39 is 0 Å². The molecule has 27 heavy (non-hydrogen) atoms. The van der Waals surface area contributed by atoms with Crippen molar-refractivity contribution in [3.05, 3.63) is 59.7 Å². The van der Waals surface area contributed by atoms with Gasteiger partial charge in [0, 0.05) is 5.56 Å². The molecule has 0 aliphatic carbocycles. The summed E-state index contributed by atoms with van der Waals surface area (Å²) in [7, 11) is 1.52. The van der Waals surface area contributed by atoms with E-state index in [0.717, 1.165) is 5.56 Å². The van der Waals surface area contributed by atoms with Gasteiger partial charge in [0.15, 0.2) is 29.1 Å². The van der Waals surface area contributed by atoms with Crippen molar-refractivity contribution in [2.45, 2.75) is 0 Å². The third kappa shape index (κ3) is 5.18. The van der Waals surface area contributed by atoms with Gasteiger partial charge >= 0.3 is 0 Å². The highest BCUT2D eigenvalue weighted by Crippen LogP contribution is 2.27. The molecule has 0 aromatic heterocycles. The Balaban J connectivity index is 1.63. The summed E-state index contributed by atoms with van der Waals surface area (Å²) in [5.41, 5.74) is 1.34. The molecule has 2 aromatic carbocycles. The number of rotatable bonds is 7. The topological polar surface area (TPSA) is 89.3 Å². The molecule has 1 amide bonds. The van der Waals surface area contributed by atoms with E-state index in [0.29, 0.717) is 28.0 Å². The number of thioether (sulfide) groups is 1. The zero-order valence-electron chi connectivity index (χ0n) is 14.5. The van der Waals surface area contributed by atoms with Crippen LogP contribution < -0.4 is 14.8 Å². The Labute approximate surface area is 160 Å². The largest absolute Gasteiger partial charge is 0.493 e. The van der Waals surface area contributed by atoms with Crippen LogP contribution in [0.3, 0.4) is 0 Å². The third-order valence-electron chi connectivity index (χ3n) is 3.58. The van der Waals surface area contributed by atoms with E-state index in [9.17, 15) is 9.59 Å². The van der Waals surface area contributed by atoms with Crippen molar-refractivity contribution in [1.82, 2.24) is 5.32 Å². The zero-order valence-corrected chi connectivity index (χ0v) is 15.4. The molecule has 1 aliphatic heterocycles. The summed E-state index contributed by atoms with van der Waals surface area (Å²) in [6.45, 7) is -0.0849. The van der Waals surface area contributed by atoms with E-state index in [1.54, 1.807) is 48.7 Å². The van der Waals surface area contributed by atoms with E-state index in [4.69, 9.17) is 9.47 Å². The molecule has 1 N–H and O–H groups in total. The lowest BCUT2D eigenvalue weighted by molar-refractivity contribution is -0.116. The predicted molar refractivity (Wildman–Crippen MR) is 105 cm³/mol. The van der Waals surface area contributed by atoms with Gasteiger partial charge in [-0.25, -0.2) is 0 Å². The van der Waals surface area contributed by atoms with Crippen molar-refractivity contribution in [1.29, 1.82) is 0 Å². The summed E-state index contributed by atoms with van der Waals surface area (Å²) in [6.07, 6.45) is 1.54. The minimum absolute atomic E-state index is 0.0813. The fraction of sp³-hybridized carbons (Fsp3) is 0.158. The highest BCUT2D eigenvalue weighted by Gasteiger charge is 2.16. The number of methoxy groups -OCH3 is 1. The maximum absolute atomic E-state index is 12.1. The van der Waals surface area contributed by atoms with Crippen molar-refractivity contribution in [3.8, 4) is 11.5 Å². The number of hydrogen-bond acceptors (Lipinski definition) is 7. The van der Waals surface area contributed by atoms with Crippen LogP contribution in [0, 0.1) is 0 Å². The Morgan fingerprint density at radius 1 is 1.22 bits per heavy atom. The number of amides is 1. The first-order chi connectivity index (χ1) is 13.2. The summed E-state index contributed by atoms with van der Waals surface area (Å²) in [6, 6.07) is 14.2. The van der Waals surface area contributed by atoms with Gasteiger partial charge in [0.25, 0.3) is 0 Å². The number of carbonyl (C=O) groups is 2. The predicted octanol–water partition coefficient (Wildman–Crippen LogP) is 2.51. The number of ketones is 1. The van der Waals surface area contributed by atoms with Gasteiger partial charge in [-0.1, -0.05) is 42.1 Å². The lowest BCUT2D eigenvalue weighted by Crippen LogP contribution is -2.19. The average Bonchev–Trinajstić information content (AvgIpc) is 3.12. The number of carbonyl (C=O) groups excluding carboxylic acids is 2. The molecular formula is C19H17N3O4S. The quantitative estimate of drug-likeness (QED) is 0.451. The summed E-state index contributed by atoms with van der Waals surface area (Å²) < 4.78 is 10.9. The van der Waals surface area contributed by atoms with Gasteiger partial charge in [-0.3, -0.25) is 9.59 Å². The molecule has 1 fully saturated rings. The van der Waals surface area contributed by atoms with Crippen LogP contribution in [-0.2, 0) is 4.79 Å². The first-order valence-corrected chi connectivity index (χ1v) is 9.07. The normalized spacial score (nSPS) is 15.1. The molecule has 8 heteroatoms. The second-order valence-corrected chi connectivity index (χ2v) is 6.44. The molecule has 1 heterocycles. The highest BCUT2D eigenvalue weighted by atomic mass is 32.2. The van der Waals surface area contributed by atoms with Crippen LogP contribution in [0.1, 0.15) is 15.9 Å². The van der Waals surface area contributed by atoms with Gasteiger partial charge in [0.05, 0.1) is 19.1 Å². The molecule has 3 rings (SSSR count). The Bertz CT molecular complexity index is 897. The van der Waals surface area contributed by atoms with Gasteiger partial charge in [0.2, 0.25) is 5.91 Å². The molecule has 1 saturated heterocycles. The maximum atomic E-state index is 12.1. The number of Topliss-reactive ketones (excluding diaryl/α,β-unsaturated/α-hetero) is 1. The fourth-order valence-electron chi connectivity index (χ4n) is 2.26. The molecular weight excluding hydrogens is 366 g/mol. The van der Waals surface area contributed by atoms with Crippen LogP contribution in [0.4, 0.5) is 0 Å². The van der Waals surface area contributed by atoms with Crippen molar-refractivity contribution in [2.75, 3.05) is 19.5 Å². The molecule has 0 radical (unpaired) electrons. The van der Waals surface area contributed by atoms with Crippen LogP contribution in [0.2, 0.25) is 0 Å².